The van der Waals surface area contributed by atoms with Gasteiger partial charge in [-0.05, 0) is 36.1 Å². The van der Waals surface area contributed by atoms with Crippen LogP contribution in [0.15, 0.2) is 66.9 Å². The number of nitrogens with zero attached hydrogens (tertiary/aromatic N) is 2. The molecule has 132 valence electrons. The molecule has 0 unspecified atom stereocenters. The molecule has 1 aromatic heterocycles. The standard InChI is InChI=1S/C20H19N3O3/c24-20(11-10-16-6-2-4-9-19(16)23(25)26)21-13-5-14-22-15-12-17-7-1-3-8-18(17)22/h1-4,6-12,15H,5,13-14H2,(H,21,24)/b11-10+. The van der Waals surface area contributed by atoms with Gasteiger partial charge >= 0.3 is 0 Å². The van der Waals surface area contributed by atoms with Crippen LogP contribution in [0.1, 0.15) is 12.0 Å². The minimum Gasteiger partial charge on any atom is -0.352 e. The number of aryl methyl sites for hydroxylation is 1. The number of nitro groups is 1. The van der Waals surface area contributed by atoms with E-state index in [9.17, 15) is 14.9 Å². The zero-order valence-electron chi connectivity index (χ0n) is 14.2. The van der Waals surface area contributed by atoms with Crippen LogP contribution in [0.25, 0.3) is 17.0 Å². The van der Waals surface area contributed by atoms with Gasteiger partial charge in [0.15, 0.2) is 0 Å². The molecule has 0 radical (unpaired) electrons. The highest BCUT2D eigenvalue weighted by molar-refractivity contribution is 5.92. The molecular weight excluding hydrogens is 330 g/mol. The fraction of sp³-hybridized carbons (Fsp3) is 0.150. The quantitative estimate of drug-likeness (QED) is 0.305. The molecule has 0 fully saturated rings. The molecule has 1 heterocycles. The van der Waals surface area contributed by atoms with E-state index in [2.05, 4.69) is 28.1 Å². The average molecular weight is 349 g/mol. The van der Waals surface area contributed by atoms with E-state index in [4.69, 9.17) is 0 Å². The molecule has 0 saturated carbocycles. The van der Waals surface area contributed by atoms with Crippen LogP contribution in [0.3, 0.4) is 0 Å². The SMILES string of the molecule is O=C(/C=C/c1ccccc1[N+](=O)[O-])NCCCn1ccc2ccccc21. The highest BCUT2D eigenvalue weighted by Crippen LogP contribution is 2.18. The van der Waals surface area contributed by atoms with Gasteiger partial charge in [-0.2, -0.15) is 0 Å². The second kappa shape index (κ2) is 8.11. The predicted octanol–water partition coefficient (Wildman–Crippen LogP) is 3.77. The average Bonchev–Trinajstić information content (AvgIpc) is 3.07. The summed E-state index contributed by atoms with van der Waals surface area (Å²) in [5.74, 6) is -0.263. The molecule has 0 atom stereocenters. The third kappa shape index (κ3) is 4.16. The highest BCUT2D eigenvalue weighted by Gasteiger charge is 2.09. The molecule has 6 heteroatoms. The summed E-state index contributed by atoms with van der Waals surface area (Å²) in [6, 6.07) is 16.6. The first-order valence-corrected chi connectivity index (χ1v) is 8.38. The number of rotatable bonds is 7. The summed E-state index contributed by atoms with van der Waals surface area (Å²) in [5, 5.41) is 15.0. The number of hydrogen-bond donors (Lipinski definition) is 1. The van der Waals surface area contributed by atoms with E-state index in [0.29, 0.717) is 12.1 Å². The third-order valence-corrected chi connectivity index (χ3v) is 4.10. The Labute approximate surface area is 150 Å². The summed E-state index contributed by atoms with van der Waals surface area (Å²) in [5.41, 5.74) is 1.57. The van der Waals surface area contributed by atoms with Gasteiger partial charge in [0, 0.05) is 36.9 Å². The molecule has 0 aliphatic rings. The van der Waals surface area contributed by atoms with Crippen LogP contribution < -0.4 is 5.32 Å². The van der Waals surface area contributed by atoms with Gasteiger partial charge in [0.25, 0.3) is 5.69 Å². The van der Waals surface area contributed by atoms with Crippen LogP contribution in [0.4, 0.5) is 5.69 Å². The van der Waals surface area contributed by atoms with Crippen LogP contribution >= 0.6 is 0 Å². The van der Waals surface area contributed by atoms with Gasteiger partial charge in [0.2, 0.25) is 5.91 Å². The number of nitrogens with one attached hydrogen (secondary N) is 1. The molecule has 2 aromatic carbocycles. The second-order valence-electron chi connectivity index (χ2n) is 5.86. The number of fused-ring (bicyclic) bond motifs is 1. The van der Waals surface area contributed by atoms with Crippen molar-refractivity contribution in [3.63, 3.8) is 0 Å². The zero-order valence-corrected chi connectivity index (χ0v) is 14.2. The molecule has 0 spiro atoms. The first-order valence-electron chi connectivity index (χ1n) is 8.38. The van der Waals surface area contributed by atoms with Crippen molar-refractivity contribution in [2.45, 2.75) is 13.0 Å². The maximum absolute atomic E-state index is 11.9. The molecule has 3 aromatic rings. The van der Waals surface area contributed by atoms with Gasteiger partial charge in [-0.15, -0.1) is 0 Å². The van der Waals surface area contributed by atoms with Gasteiger partial charge < -0.3 is 9.88 Å². The van der Waals surface area contributed by atoms with Crippen molar-refractivity contribution in [3.8, 4) is 0 Å². The summed E-state index contributed by atoms with van der Waals surface area (Å²) in [6.07, 6.45) is 5.63. The van der Waals surface area contributed by atoms with Gasteiger partial charge in [-0.1, -0.05) is 30.3 Å². The Balaban J connectivity index is 1.49. The number of carbonyl (C=O) groups is 1. The molecule has 1 amide bonds. The highest BCUT2D eigenvalue weighted by atomic mass is 16.6. The second-order valence-corrected chi connectivity index (χ2v) is 5.86. The summed E-state index contributed by atoms with van der Waals surface area (Å²) in [7, 11) is 0. The van der Waals surface area contributed by atoms with Crippen LogP contribution in [0.2, 0.25) is 0 Å². The van der Waals surface area contributed by atoms with Crippen LogP contribution in [0, 0.1) is 10.1 Å². The van der Waals surface area contributed by atoms with Crippen molar-refractivity contribution in [2.75, 3.05) is 6.54 Å². The monoisotopic (exact) mass is 349 g/mol. The smallest absolute Gasteiger partial charge is 0.276 e. The molecule has 3 rings (SSSR count). The minimum absolute atomic E-state index is 0.0176. The van der Waals surface area contributed by atoms with Crippen molar-refractivity contribution in [3.05, 3.63) is 82.5 Å². The third-order valence-electron chi connectivity index (χ3n) is 4.10. The van der Waals surface area contributed by atoms with Crippen molar-refractivity contribution in [1.29, 1.82) is 0 Å². The Bertz CT molecular complexity index is 960. The van der Waals surface area contributed by atoms with E-state index in [1.54, 1.807) is 18.2 Å². The molecule has 0 bridgehead atoms. The van der Waals surface area contributed by atoms with E-state index in [0.717, 1.165) is 13.0 Å². The first kappa shape index (κ1) is 17.4. The summed E-state index contributed by atoms with van der Waals surface area (Å²) < 4.78 is 2.16. The number of para-hydroxylation sites is 2. The normalized spacial score (nSPS) is 11.1. The van der Waals surface area contributed by atoms with Gasteiger partial charge in [0.05, 0.1) is 10.5 Å². The van der Waals surface area contributed by atoms with E-state index < -0.39 is 4.92 Å². The minimum atomic E-state index is -0.459. The maximum Gasteiger partial charge on any atom is 0.276 e. The predicted molar refractivity (Wildman–Crippen MR) is 102 cm³/mol. The Morgan fingerprint density at radius 1 is 1.12 bits per heavy atom. The molecule has 26 heavy (non-hydrogen) atoms. The van der Waals surface area contributed by atoms with Gasteiger partial charge in [-0.25, -0.2) is 0 Å². The first-order chi connectivity index (χ1) is 12.6. The molecule has 1 N–H and O–H groups in total. The number of benzene rings is 2. The van der Waals surface area contributed by atoms with Gasteiger partial charge in [-0.3, -0.25) is 14.9 Å². The zero-order chi connectivity index (χ0) is 18.4. The Hall–Kier alpha value is -3.41. The van der Waals surface area contributed by atoms with Crippen molar-refractivity contribution in [1.82, 2.24) is 9.88 Å². The fourth-order valence-corrected chi connectivity index (χ4v) is 2.82. The Morgan fingerprint density at radius 3 is 2.73 bits per heavy atom. The van der Waals surface area contributed by atoms with Gasteiger partial charge in [0.1, 0.15) is 0 Å². The number of nitro benzene ring substituents is 1. The lowest BCUT2D eigenvalue weighted by atomic mass is 10.1. The van der Waals surface area contributed by atoms with Crippen LogP contribution in [0.5, 0.6) is 0 Å². The Morgan fingerprint density at radius 2 is 1.88 bits per heavy atom. The summed E-state index contributed by atoms with van der Waals surface area (Å²) in [4.78, 5) is 22.4. The van der Waals surface area contributed by atoms with Crippen molar-refractivity contribution in [2.24, 2.45) is 0 Å². The fourth-order valence-electron chi connectivity index (χ4n) is 2.82. The lowest BCUT2D eigenvalue weighted by Gasteiger charge is -2.06. The van der Waals surface area contributed by atoms with E-state index >= 15 is 0 Å². The lowest BCUT2D eigenvalue weighted by molar-refractivity contribution is -0.385. The maximum atomic E-state index is 11.9. The summed E-state index contributed by atoms with van der Waals surface area (Å²) >= 11 is 0. The number of aromatic nitrogens is 1. The van der Waals surface area contributed by atoms with Crippen LogP contribution in [-0.4, -0.2) is 21.9 Å². The number of carbonyl (C=O) groups excluding carboxylic acids is 1. The molecule has 6 nitrogen and oxygen atoms in total. The summed E-state index contributed by atoms with van der Waals surface area (Å²) in [6.45, 7) is 1.34. The molecule has 0 saturated heterocycles. The lowest BCUT2D eigenvalue weighted by Crippen LogP contribution is -2.23. The topological polar surface area (TPSA) is 77.2 Å². The van der Waals surface area contributed by atoms with E-state index in [1.165, 1.54) is 29.1 Å². The van der Waals surface area contributed by atoms with E-state index in [-0.39, 0.29) is 11.6 Å². The van der Waals surface area contributed by atoms with E-state index in [1.807, 2.05) is 18.3 Å². The molecule has 0 aliphatic heterocycles. The number of amides is 1. The number of hydrogen-bond acceptors (Lipinski definition) is 3. The van der Waals surface area contributed by atoms with Crippen molar-refractivity contribution < 1.29 is 9.72 Å². The molecule has 0 aliphatic carbocycles. The Kier molecular flexibility index (Phi) is 5.43. The molecular formula is C20H19N3O3. The van der Waals surface area contributed by atoms with Crippen molar-refractivity contribution >= 4 is 28.6 Å². The largest absolute Gasteiger partial charge is 0.352 e. The van der Waals surface area contributed by atoms with Crippen LogP contribution in [-0.2, 0) is 11.3 Å².